The molecule has 0 heterocycles. The van der Waals surface area contributed by atoms with Crippen molar-refractivity contribution in [2.75, 3.05) is 18.4 Å². The topological polar surface area (TPSA) is 124 Å². The molecule has 0 amide bonds. The van der Waals surface area contributed by atoms with E-state index < -0.39 is 30.0 Å². The maximum absolute atomic E-state index is 12.6. The fourth-order valence-electron chi connectivity index (χ4n) is 5.51. The minimum Gasteiger partial charge on any atom is -0.385 e. The monoisotopic (exact) mass is 669 g/mol. The molecule has 0 saturated carbocycles. The molecule has 0 bridgehead atoms. The highest BCUT2D eigenvalue weighted by atomic mass is 32.2. The Kier molecular flexibility index (Phi) is 10.7. The second-order valence-electron chi connectivity index (χ2n) is 11.1. The summed E-state index contributed by atoms with van der Waals surface area (Å²) in [4.78, 5) is -1.27. The molecule has 1 aliphatic rings. The zero-order chi connectivity index (χ0) is 33.4. The number of hydrogen-bond donors (Lipinski definition) is 3. The molecular weight excluding hydrogens is 633 g/mol. The van der Waals surface area contributed by atoms with E-state index in [1.54, 1.807) is 0 Å². The van der Waals surface area contributed by atoms with Gasteiger partial charge in [-0.1, -0.05) is 78.9 Å². The van der Waals surface area contributed by atoms with Crippen LogP contribution in [0.3, 0.4) is 0 Å². The highest BCUT2D eigenvalue weighted by Gasteiger charge is 2.25. The Balaban J connectivity index is 1.52. The number of nitrogens with one attached hydrogen (secondary N) is 1. The third kappa shape index (κ3) is 8.81. The van der Waals surface area contributed by atoms with Crippen molar-refractivity contribution in [2.45, 2.75) is 36.1 Å². The number of benzene rings is 4. The Bertz CT molecular complexity index is 2050. The van der Waals surface area contributed by atoms with Gasteiger partial charge in [-0.05, 0) is 78.5 Å². The summed E-state index contributed by atoms with van der Waals surface area (Å²) in [6, 6.07) is 31.0. The van der Waals surface area contributed by atoms with Crippen LogP contribution in [0.1, 0.15) is 35.6 Å². The van der Waals surface area contributed by atoms with Crippen molar-refractivity contribution in [1.29, 1.82) is 0 Å². The molecule has 5 rings (SSSR count). The van der Waals surface area contributed by atoms with Gasteiger partial charge in [-0.15, -0.1) is 0 Å². The molecular formula is C37H37N2O6S2+. The predicted molar refractivity (Wildman–Crippen MR) is 186 cm³/mol. The molecule has 242 valence electrons. The number of nitrogens with zero attached hydrogens (tertiary/aromatic N) is 1. The molecule has 0 unspecified atom stereocenters. The average Bonchev–Trinajstić information content (AvgIpc) is 3.07. The lowest BCUT2D eigenvalue weighted by Crippen LogP contribution is -2.19. The molecule has 4 aromatic rings. The van der Waals surface area contributed by atoms with Gasteiger partial charge in [0.2, 0.25) is 0 Å². The Labute approximate surface area is 276 Å². The third-order valence-electron chi connectivity index (χ3n) is 7.91. The number of anilines is 1. The zero-order valence-electron chi connectivity index (χ0n) is 26.0. The minimum absolute atomic E-state index is 0.0906. The largest absolute Gasteiger partial charge is 0.385 e. The van der Waals surface area contributed by atoms with Gasteiger partial charge in [0.1, 0.15) is 11.4 Å². The van der Waals surface area contributed by atoms with E-state index >= 15 is 0 Å². The van der Waals surface area contributed by atoms with Crippen molar-refractivity contribution < 1.29 is 30.5 Å². The molecule has 0 fully saturated rings. The van der Waals surface area contributed by atoms with E-state index in [1.165, 1.54) is 11.6 Å². The quantitative estimate of drug-likeness (QED) is 0.0859. The van der Waals surface area contributed by atoms with E-state index in [1.807, 2.05) is 85.0 Å². The molecule has 0 aromatic heterocycles. The Morgan fingerprint density at radius 2 is 1.34 bits per heavy atom. The lowest BCUT2D eigenvalue weighted by atomic mass is 9.90. The summed E-state index contributed by atoms with van der Waals surface area (Å²) >= 11 is 0. The van der Waals surface area contributed by atoms with Crippen LogP contribution in [0.5, 0.6) is 0 Å². The van der Waals surface area contributed by atoms with Gasteiger partial charge in [0.25, 0.3) is 20.2 Å². The molecule has 0 saturated heterocycles. The summed E-state index contributed by atoms with van der Waals surface area (Å²) in [5.41, 5.74) is 6.13. The van der Waals surface area contributed by atoms with Crippen LogP contribution in [-0.4, -0.2) is 49.3 Å². The summed E-state index contributed by atoms with van der Waals surface area (Å²) in [7, 11) is -9.63. The Hall–Kier alpha value is -4.61. The standard InChI is InChI=1S/C37H36N2O6S2/c1-2-39(27-29-12-7-4-8-13-29)33-21-17-31(18-22-33)37(35-24-23-34(46(40,41)42)26-36(35)47(43,44)45)30-15-19-32(20-16-30)38-25-9-14-28-10-5-3-6-11-28/h3-8,10-13,15-24,26H,2,9,14,25,27H2,1H3,(H2,40,41,42,43,44,45)/p+1. The van der Waals surface area contributed by atoms with Crippen LogP contribution in [0.25, 0.3) is 5.57 Å². The van der Waals surface area contributed by atoms with Gasteiger partial charge in [0, 0.05) is 35.5 Å². The van der Waals surface area contributed by atoms with Crippen molar-refractivity contribution in [3.05, 3.63) is 155 Å². The van der Waals surface area contributed by atoms with Crippen molar-refractivity contribution in [3.63, 3.8) is 0 Å². The lowest BCUT2D eigenvalue weighted by Gasteiger charge is -2.17. The summed E-state index contributed by atoms with van der Waals surface area (Å²) in [5.74, 6) is 0. The summed E-state index contributed by atoms with van der Waals surface area (Å²) in [6.07, 6.45) is 9.52. The highest BCUT2D eigenvalue weighted by molar-refractivity contribution is 7.86. The Morgan fingerprint density at radius 1 is 0.723 bits per heavy atom. The predicted octanol–water partition coefficient (Wildman–Crippen LogP) is 6.83. The van der Waals surface area contributed by atoms with E-state index in [0.29, 0.717) is 23.3 Å². The number of allylic oxidation sites excluding steroid dienone is 5. The van der Waals surface area contributed by atoms with E-state index in [0.717, 1.165) is 55.0 Å². The first-order valence-electron chi connectivity index (χ1n) is 15.3. The van der Waals surface area contributed by atoms with Gasteiger partial charge in [0.15, 0.2) is 12.3 Å². The molecule has 0 aliphatic heterocycles. The average molecular weight is 670 g/mol. The summed E-state index contributed by atoms with van der Waals surface area (Å²) in [5, 5.41) is 3.42. The van der Waals surface area contributed by atoms with Crippen molar-refractivity contribution in [1.82, 2.24) is 0 Å². The van der Waals surface area contributed by atoms with Gasteiger partial charge in [0.05, 0.1) is 4.90 Å². The van der Waals surface area contributed by atoms with Gasteiger partial charge in [-0.25, -0.2) is 4.58 Å². The molecule has 10 heteroatoms. The maximum atomic E-state index is 12.6. The maximum Gasteiger partial charge on any atom is 0.295 e. The SMILES string of the molecule is CC[N+](Cc1ccccc1)=C1C=CC(=C(c2ccc(NCCCc3ccccc3)cc2)c2ccc(S(=O)(=O)O)cc2S(=O)(=O)O)C=C1. The first-order chi connectivity index (χ1) is 22.5. The smallest absolute Gasteiger partial charge is 0.295 e. The normalized spacial score (nSPS) is 13.1. The number of hydrogen-bond acceptors (Lipinski definition) is 5. The van der Waals surface area contributed by atoms with Crippen LogP contribution in [-0.2, 0) is 33.2 Å². The molecule has 3 N–H and O–H groups in total. The van der Waals surface area contributed by atoms with Crippen LogP contribution in [0.15, 0.2) is 143 Å². The summed E-state index contributed by atoms with van der Waals surface area (Å²) in [6.45, 7) is 4.29. The van der Waals surface area contributed by atoms with Gasteiger partial charge in [-0.2, -0.15) is 16.8 Å². The Morgan fingerprint density at radius 3 is 1.91 bits per heavy atom. The van der Waals surface area contributed by atoms with E-state index in [2.05, 4.69) is 41.1 Å². The third-order valence-corrected chi connectivity index (χ3v) is 9.65. The van der Waals surface area contributed by atoms with E-state index in [4.69, 9.17) is 0 Å². The van der Waals surface area contributed by atoms with Crippen LogP contribution >= 0.6 is 0 Å². The minimum atomic E-state index is -4.90. The van der Waals surface area contributed by atoms with E-state index in [9.17, 15) is 25.9 Å². The number of aryl methyl sites for hydroxylation is 1. The fourth-order valence-corrected chi connectivity index (χ4v) is 6.82. The van der Waals surface area contributed by atoms with Gasteiger partial charge >= 0.3 is 0 Å². The zero-order valence-corrected chi connectivity index (χ0v) is 27.6. The van der Waals surface area contributed by atoms with Crippen molar-refractivity contribution >= 4 is 37.2 Å². The van der Waals surface area contributed by atoms with Gasteiger partial charge < -0.3 is 5.32 Å². The molecule has 8 nitrogen and oxygen atoms in total. The molecule has 4 aromatic carbocycles. The molecule has 47 heavy (non-hydrogen) atoms. The first-order valence-corrected chi connectivity index (χ1v) is 18.1. The van der Waals surface area contributed by atoms with E-state index in [-0.39, 0.29) is 5.56 Å². The van der Waals surface area contributed by atoms with Crippen LogP contribution < -0.4 is 5.32 Å². The van der Waals surface area contributed by atoms with Crippen LogP contribution in [0, 0.1) is 0 Å². The van der Waals surface area contributed by atoms with Crippen molar-refractivity contribution in [2.24, 2.45) is 0 Å². The number of rotatable bonds is 12. The van der Waals surface area contributed by atoms with Gasteiger partial charge in [-0.3, -0.25) is 9.11 Å². The van der Waals surface area contributed by atoms with Crippen molar-refractivity contribution in [3.8, 4) is 0 Å². The van der Waals surface area contributed by atoms with Crippen LogP contribution in [0.2, 0.25) is 0 Å². The summed E-state index contributed by atoms with van der Waals surface area (Å²) < 4.78 is 71.0. The fraction of sp³-hybridized carbons (Fsp3) is 0.162. The second kappa shape index (κ2) is 14.9. The molecule has 1 aliphatic carbocycles. The highest BCUT2D eigenvalue weighted by Crippen LogP contribution is 2.35. The van der Waals surface area contributed by atoms with Crippen LogP contribution in [0.4, 0.5) is 5.69 Å². The first kappa shape index (κ1) is 33.7. The molecule has 0 atom stereocenters. The second-order valence-corrected chi connectivity index (χ2v) is 13.9. The lowest BCUT2D eigenvalue weighted by molar-refractivity contribution is -0.539. The molecule has 0 spiro atoms. The molecule has 0 radical (unpaired) electrons.